The number of nitrogens with one attached hydrogen (secondary N) is 1. The van der Waals surface area contributed by atoms with Gasteiger partial charge in [0.1, 0.15) is 0 Å². The van der Waals surface area contributed by atoms with Crippen molar-refractivity contribution in [3.8, 4) is 0 Å². The van der Waals surface area contributed by atoms with Crippen molar-refractivity contribution in [1.82, 2.24) is 4.90 Å². The second kappa shape index (κ2) is 8.83. The number of benzene rings is 2. The van der Waals surface area contributed by atoms with E-state index in [1.807, 2.05) is 55.5 Å². The molecule has 0 fully saturated rings. The molecule has 130 valence electrons. The number of rotatable bonds is 6. The Morgan fingerprint density at radius 3 is 2.24 bits per heavy atom. The Morgan fingerprint density at radius 2 is 1.64 bits per heavy atom. The van der Waals surface area contributed by atoms with Gasteiger partial charge in [-0.15, -0.1) is 0 Å². The van der Waals surface area contributed by atoms with E-state index in [9.17, 15) is 9.59 Å². The van der Waals surface area contributed by atoms with Crippen LogP contribution in [0.1, 0.15) is 23.1 Å². The molecule has 0 radical (unpaired) electrons. The lowest BCUT2D eigenvalue weighted by Gasteiger charge is -2.10. The zero-order valence-electron chi connectivity index (χ0n) is 15.0. The van der Waals surface area contributed by atoms with Gasteiger partial charge in [0.15, 0.2) is 0 Å². The molecule has 0 heterocycles. The zero-order chi connectivity index (χ0) is 18.2. The van der Waals surface area contributed by atoms with Gasteiger partial charge in [0.25, 0.3) is 0 Å². The molecule has 0 atom stereocenters. The van der Waals surface area contributed by atoms with Crippen LogP contribution in [0.2, 0.25) is 0 Å². The van der Waals surface area contributed by atoms with Crippen molar-refractivity contribution < 1.29 is 9.59 Å². The topological polar surface area (TPSA) is 49.4 Å². The first kappa shape index (κ1) is 18.5. The van der Waals surface area contributed by atoms with Crippen LogP contribution >= 0.6 is 0 Å². The Balaban J connectivity index is 1.86. The number of amides is 2. The van der Waals surface area contributed by atoms with E-state index >= 15 is 0 Å². The number of nitrogens with zero attached hydrogens (tertiary/aromatic N) is 1. The minimum Gasteiger partial charge on any atom is -0.349 e. The highest BCUT2D eigenvalue weighted by atomic mass is 16.2. The summed E-state index contributed by atoms with van der Waals surface area (Å²) in [6.45, 7) is 2.03. The van der Waals surface area contributed by atoms with Gasteiger partial charge in [0.2, 0.25) is 11.8 Å². The maximum atomic E-state index is 12.0. The van der Waals surface area contributed by atoms with Crippen LogP contribution in [-0.4, -0.2) is 30.8 Å². The van der Waals surface area contributed by atoms with Crippen LogP contribution in [0.15, 0.2) is 54.6 Å². The van der Waals surface area contributed by atoms with Gasteiger partial charge in [-0.2, -0.15) is 0 Å². The third-order valence-corrected chi connectivity index (χ3v) is 3.85. The summed E-state index contributed by atoms with van der Waals surface area (Å²) < 4.78 is 0. The Bertz CT molecular complexity index is 744. The molecule has 2 amide bonds. The fourth-order valence-corrected chi connectivity index (χ4v) is 2.26. The van der Waals surface area contributed by atoms with Gasteiger partial charge in [-0.05, 0) is 42.7 Å². The van der Waals surface area contributed by atoms with E-state index in [-0.39, 0.29) is 11.8 Å². The van der Waals surface area contributed by atoms with Crippen LogP contribution in [0.3, 0.4) is 0 Å². The molecule has 4 nitrogen and oxygen atoms in total. The summed E-state index contributed by atoms with van der Waals surface area (Å²) >= 11 is 0. The Labute approximate surface area is 149 Å². The molecule has 0 saturated carbocycles. The summed E-state index contributed by atoms with van der Waals surface area (Å²) in [5.41, 5.74) is 3.99. The van der Waals surface area contributed by atoms with Crippen LogP contribution in [-0.2, 0) is 16.0 Å². The SMILES string of the molecule is Cc1ccc(/C=C/C(=O)Nc2ccc(CCC(=O)N(C)C)cc2)cc1. The molecule has 0 spiro atoms. The van der Waals surface area contributed by atoms with Gasteiger partial charge < -0.3 is 10.2 Å². The fraction of sp³-hybridized carbons (Fsp3) is 0.238. The van der Waals surface area contributed by atoms with Crippen molar-refractivity contribution >= 4 is 23.6 Å². The van der Waals surface area contributed by atoms with Crippen LogP contribution in [0, 0.1) is 6.92 Å². The molecule has 0 unspecified atom stereocenters. The second-order valence-corrected chi connectivity index (χ2v) is 6.22. The van der Waals surface area contributed by atoms with Crippen molar-refractivity contribution in [3.63, 3.8) is 0 Å². The summed E-state index contributed by atoms with van der Waals surface area (Å²) in [7, 11) is 3.51. The van der Waals surface area contributed by atoms with E-state index in [0.29, 0.717) is 12.8 Å². The molecule has 2 aromatic rings. The molecule has 0 aromatic heterocycles. The third-order valence-electron chi connectivity index (χ3n) is 3.85. The number of hydrogen-bond acceptors (Lipinski definition) is 2. The van der Waals surface area contributed by atoms with E-state index in [4.69, 9.17) is 0 Å². The average molecular weight is 336 g/mol. The Morgan fingerprint density at radius 1 is 1.00 bits per heavy atom. The lowest BCUT2D eigenvalue weighted by molar-refractivity contribution is -0.128. The summed E-state index contributed by atoms with van der Waals surface area (Å²) in [4.78, 5) is 25.2. The molecule has 2 rings (SSSR count). The first-order valence-electron chi connectivity index (χ1n) is 8.29. The maximum absolute atomic E-state index is 12.0. The first-order valence-corrected chi connectivity index (χ1v) is 8.29. The number of anilines is 1. The Kier molecular flexibility index (Phi) is 6.52. The highest BCUT2D eigenvalue weighted by Crippen LogP contribution is 2.12. The van der Waals surface area contributed by atoms with Crippen molar-refractivity contribution in [2.75, 3.05) is 19.4 Å². The van der Waals surface area contributed by atoms with Gasteiger partial charge in [-0.25, -0.2) is 0 Å². The van der Waals surface area contributed by atoms with Gasteiger partial charge in [-0.1, -0.05) is 42.0 Å². The van der Waals surface area contributed by atoms with E-state index in [1.54, 1.807) is 25.1 Å². The van der Waals surface area contributed by atoms with Crippen LogP contribution in [0.5, 0.6) is 0 Å². The van der Waals surface area contributed by atoms with Crippen LogP contribution in [0.25, 0.3) is 6.08 Å². The highest BCUT2D eigenvalue weighted by molar-refractivity contribution is 6.01. The quantitative estimate of drug-likeness (QED) is 0.818. The molecule has 0 aliphatic heterocycles. The molecule has 0 saturated heterocycles. The molecule has 0 aliphatic rings. The van der Waals surface area contributed by atoms with Gasteiger partial charge in [-0.3, -0.25) is 9.59 Å². The predicted octanol–water partition coefficient (Wildman–Crippen LogP) is 3.67. The largest absolute Gasteiger partial charge is 0.349 e. The monoisotopic (exact) mass is 336 g/mol. The summed E-state index contributed by atoms with van der Waals surface area (Å²) in [5.74, 6) is -0.0604. The summed E-state index contributed by atoms with van der Waals surface area (Å²) in [5, 5.41) is 2.83. The van der Waals surface area contributed by atoms with Crippen molar-refractivity contribution in [2.24, 2.45) is 0 Å². The highest BCUT2D eigenvalue weighted by Gasteiger charge is 2.04. The molecule has 1 N–H and O–H groups in total. The van der Waals surface area contributed by atoms with Crippen molar-refractivity contribution in [2.45, 2.75) is 19.8 Å². The lowest BCUT2D eigenvalue weighted by atomic mass is 10.1. The van der Waals surface area contributed by atoms with Crippen molar-refractivity contribution in [3.05, 3.63) is 71.3 Å². The number of hydrogen-bond donors (Lipinski definition) is 1. The predicted molar refractivity (Wildman–Crippen MR) is 102 cm³/mol. The molecular weight excluding hydrogens is 312 g/mol. The first-order chi connectivity index (χ1) is 11.9. The number of carbonyl (C=O) groups is 2. The minimum absolute atomic E-state index is 0.110. The molecule has 4 heteroatoms. The van der Waals surface area contributed by atoms with E-state index in [1.165, 1.54) is 11.6 Å². The number of carbonyl (C=O) groups excluding carboxylic acids is 2. The second-order valence-electron chi connectivity index (χ2n) is 6.22. The summed E-state index contributed by atoms with van der Waals surface area (Å²) in [6.07, 6.45) is 4.49. The van der Waals surface area contributed by atoms with Gasteiger partial charge >= 0.3 is 0 Å². The fourth-order valence-electron chi connectivity index (χ4n) is 2.26. The normalized spacial score (nSPS) is 10.7. The lowest BCUT2D eigenvalue weighted by Crippen LogP contribution is -2.21. The van der Waals surface area contributed by atoms with Crippen LogP contribution in [0.4, 0.5) is 5.69 Å². The van der Waals surface area contributed by atoms with Crippen LogP contribution < -0.4 is 5.32 Å². The average Bonchev–Trinajstić information content (AvgIpc) is 2.60. The van der Waals surface area contributed by atoms with Gasteiger partial charge in [0, 0.05) is 32.3 Å². The third kappa shape index (κ3) is 6.26. The smallest absolute Gasteiger partial charge is 0.248 e. The van der Waals surface area contributed by atoms with Crippen molar-refractivity contribution in [1.29, 1.82) is 0 Å². The molecule has 0 aliphatic carbocycles. The molecular formula is C21H24N2O2. The molecule has 25 heavy (non-hydrogen) atoms. The standard InChI is InChI=1S/C21H24N2O2/c1-16-4-6-17(7-5-16)10-14-20(24)22-19-12-8-18(9-13-19)11-15-21(25)23(2)3/h4-10,12-14H,11,15H2,1-3H3,(H,22,24)/b14-10+. The number of aryl methyl sites for hydroxylation is 2. The molecule has 2 aromatic carbocycles. The van der Waals surface area contributed by atoms with Gasteiger partial charge in [0.05, 0.1) is 0 Å². The zero-order valence-corrected chi connectivity index (χ0v) is 15.0. The Hall–Kier alpha value is -2.88. The summed E-state index contributed by atoms with van der Waals surface area (Å²) in [6, 6.07) is 15.5. The van der Waals surface area contributed by atoms with E-state index < -0.39 is 0 Å². The minimum atomic E-state index is -0.170. The molecule has 0 bridgehead atoms. The van der Waals surface area contributed by atoms with E-state index in [2.05, 4.69) is 5.32 Å². The maximum Gasteiger partial charge on any atom is 0.248 e. The van der Waals surface area contributed by atoms with E-state index in [0.717, 1.165) is 16.8 Å².